The second-order valence-corrected chi connectivity index (χ2v) is 3.75. The lowest BCUT2D eigenvalue weighted by atomic mass is 10.3. The van der Waals surface area contributed by atoms with E-state index in [1.807, 2.05) is 18.4 Å². The monoisotopic (exact) mass is 206 g/mol. The number of hydrogen-bond acceptors (Lipinski definition) is 4. The van der Waals surface area contributed by atoms with Crippen LogP contribution in [0.5, 0.6) is 0 Å². The van der Waals surface area contributed by atoms with Gasteiger partial charge in [0.05, 0.1) is 11.7 Å². The van der Waals surface area contributed by atoms with E-state index in [0.29, 0.717) is 11.6 Å². The highest BCUT2D eigenvalue weighted by molar-refractivity contribution is 5.77. The first-order chi connectivity index (χ1) is 7.13. The molecule has 5 nitrogen and oxygen atoms in total. The molecule has 2 rings (SSSR count). The van der Waals surface area contributed by atoms with E-state index in [0.717, 1.165) is 11.0 Å². The lowest BCUT2D eigenvalue weighted by Crippen LogP contribution is -2.06. The number of nitrogens with zero attached hydrogens (tertiary/aromatic N) is 3. The molecule has 0 aliphatic heterocycles. The molecule has 2 heterocycles. The van der Waals surface area contributed by atoms with Crippen molar-refractivity contribution in [3.8, 4) is 0 Å². The van der Waals surface area contributed by atoms with Crippen molar-refractivity contribution in [2.45, 2.75) is 26.5 Å². The van der Waals surface area contributed by atoms with Gasteiger partial charge in [0.25, 0.3) is 0 Å². The molecule has 0 atom stereocenters. The molecular weight excluding hydrogens is 192 g/mol. The summed E-state index contributed by atoms with van der Waals surface area (Å²) < 4.78 is 1.97. The van der Waals surface area contributed by atoms with Crippen LogP contribution in [0.15, 0.2) is 12.3 Å². The van der Waals surface area contributed by atoms with Gasteiger partial charge in [-0.3, -0.25) is 0 Å². The molecule has 0 aromatic carbocycles. The van der Waals surface area contributed by atoms with Crippen LogP contribution in [0.3, 0.4) is 0 Å². The van der Waals surface area contributed by atoms with Crippen LogP contribution in [0.2, 0.25) is 0 Å². The van der Waals surface area contributed by atoms with Gasteiger partial charge in [-0.15, -0.1) is 0 Å². The zero-order chi connectivity index (χ0) is 11.0. The third-order valence-electron chi connectivity index (χ3n) is 2.33. The van der Waals surface area contributed by atoms with Crippen molar-refractivity contribution in [1.29, 1.82) is 0 Å². The maximum absolute atomic E-state index is 9.20. The fourth-order valence-corrected chi connectivity index (χ4v) is 1.75. The maximum atomic E-state index is 9.20. The minimum Gasteiger partial charge on any atom is -0.388 e. The number of rotatable bonds is 2. The van der Waals surface area contributed by atoms with Crippen LogP contribution >= 0.6 is 0 Å². The Morgan fingerprint density at radius 2 is 2.27 bits per heavy atom. The van der Waals surface area contributed by atoms with Crippen molar-refractivity contribution in [2.75, 3.05) is 5.73 Å². The first-order valence-electron chi connectivity index (χ1n) is 4.86. The fraction of sp³-hybridized carbons (Fsp3) is 0.400. The minimum absolute atomic E-state index is 0.0766. The predicted octanol–water partition coefficient (Wildman–Crippen LogP) is 1.09. The summed E-state index contributed by atoms with van der Waals surface area (Å²) in [5, 5.41) is 9.20. The number of aromatic nitrogens is 3. The summed E-state index contributed by atoms with van der Waals surface area (Å²) >= 11 is 0. The summed E-state index contributed by atoms with van der Waals surface area (Å²) in [6.07, 6.45) is 1.63. The second kappa shape index (κ2) is 3.51. The number of pyridine rings is 1. The van der Waals surface area contributed by atoms with Gasteiger partial charge in [0, 0.05) is 12.1 Å². The van der Waals surface area contributed by atoms with E-state index in [4.69, 9.17) is 5.73 Å². The Labute approximate surface area is 87.6 Å². The first-order valence-corrected chi connectivity index (χ1v) is 4.86. The van der Waals surface area contributed by atoms with E-state index in [-0.39, 0.29) is 12.6 Å². The Morgan fingerprint density at radius 1 is 1.53 bits per heavy atom. The molecule has 15 heavy (non-hydrogen) atoms. The number of nitrogens with two attached hydrogens (primary N) is 1. The van der Waals surface area contributed by atoms with Gasteiger partial charge in [-0.2, -0.15) is 0 Å². The van der Waals surface area contributed by atoms with E-state index in [2.05, 4.69) is 9.97 Å². The van der Waals surface area contributed by atoms with Crippen LogP contribution < -0.4 is 5.73 Å². The summed E-state index contributed by atoms with van der Waals surface area (Å²) in [7, 11) is 0. The van der Waals surface area contributed by atoms with Crippen LogP contribution in [0, 0.1) is 0 Å². The number of aliphatic hydroxyl groups is 1. The van der Waals surface area contributed by atoms with Crippen LogP contribution in [0.1, 0.15) is 25.7 Å². The van der Waals surface area contributed by atoms with Gasteiger partial charge in [0.2, 0.25) is 0 Å². The largest absolute Gasteiger partial charge is 0.388 e. The quantitative estimate of drug-likeness (QED) is 0.771. The van der Waals surface area contributed by atoms with Crippen molar-refractivity contribution in [3.05, 3.63) is 18.1 Å². The van der Waals surface area contributed by atoms with Gasteiger partial charge in [0.15, 0.2) is 0 Å². The molecule has 0 fully saturated rings. The van der Waals surface area contributed by atoms with Crippen molar-refractivity contribution < 1.29 is 5.11 Å². The molecule has 0 unspecified atom stereocenters. The van der Waals surface area contributed by atoms with E-state index in [9.17, 15) is 5.11 Å². The second-order valence-electron chi connectivity index (χ2n) is 3.75. The summed E-state index contributed by atoms with van der Waals surface area (Å²) in [5.74, 6) is 1.11. The highest BCUT2D eigenvalue weighted by atomic mass is 16.3. The Bertz CT molecular complexity index is 489. The first kappa shape index (κ1) is 9.92. The fourth-order valence-electron chi connectivity index (χ4n) is 1.75. The molecule has 0 aliphatic rings. The number of nitrogen functional groups attached to an aromatic ring is 1. The third kappa shape index (κ3) is 1.55. The van der Waals surface area contributed by atoms with Crippen molar-refractivity contribution in [3.63, 3.8) is 0 Å². The van der Waals surface area contributed by atoms with Crippen LogP contribution in [0.4, 0.5) is 5.82 Å². The third-order valence-corrected chi connectivity index (χ3v) is 2.33. The van der Waals surface area contributed by atoms with E-state index in [1.165, 1.54) is 0 Å². The van der Waals surface area contributed by atoms with Crippen molar-refractivity contribution in [2.24, 2.45) is 0 Å². The molecule has 2 aromatic rings. The maximum Gasteiger partial charge on any atom is 0.136 e. The Morgan fingerprint density at radius 3 is 2.87 bits per heavy atom. The molecule has 5 heteroatoms. The lowest BCUT2D eigenvalue weighted by molar-refractivity contribution is 0.263. The minimum atomic E-state index is -0.0766. The molecule has 80 valence electrons. The molecule has 0 bridgehead atoms. The molecule has 0 saturated heterocycles. The van der Waals surface area contributed by atoms with Gasteiger partial charge in [-0.05, 0) is 13.8 Å². The molecule has 3 N–H and O–H groups in total. The standard InChI is InChI=1S/C10H14N4O/c1-6(2)14-8-3-9(11)12-4-7(8)13-10(14)5-15/h3-4,6,15H,5H2,1-2H3,(H2,11,12). The van der Waals surface area contributed by atoms with Gasteiger partial charge in [0.1, 0.15) is 23.8 Å². The summed E-state index contributed by atoms with van der Waals surface area (Å²) in [4.78, 5) is 8.26. The Kier molecular flexibility index (Phi) is 2.32. The van der Waals surface area contributed by atoms with Crippen LogP contribution in [-0.4, -0.2) is 19.6 Å². The summed E-state index contributed by atoms with van der Waals surface area (Å²) in [5.41, 5.74) is 7.31. The van der Waals surface area contributed by atoms with Crippen molar-refractivity contribution in [1.82, 2.24) is 14.5 Å². The zero-order valence-corrected chi connectivity index (χ0v) is 8.81. The SMILES string of the molecule is CC(C)n1c(CO)nc2cnc(N)cc21. The van der Waals surface area contributed by atoms with E-state index >= 15 is 0 Å². The highest BCUT2D eigenvalue weighted by Crippen LogP contribution is 2.21. The van der Waals surface area contributed by atoms with Gasteiger partial charge in [-0.25, -0.2) is 9.97 Å². The van der Waals surface area contributed by atoms with Crippen LogP contribution in [-0.2, 0) is 6.61 Å². The van der Waals surface area contributed by atoms with Gasteiger partial charge >= 0.3 is 0 Å². The molecule has 0 spiro atoms. The number of aliphatic hydroxyl groups excluding tert-OH is 1. The predicted molar refractivity (Wildman–Crippen MR) is 58.2 cm³/mol. The van der Waals surface area contributed by atoms with E-state index < -0.39 is 0 Å². The number of hydrogen-bond donors (Lipinski definition) is 2. The number of fused-ring (bicyclic) bond motifs is 1. The average molecular weight is 206 g/mol. The average Bonchev–Trinajstić information content (AvgIpc) is 2.55. The lowest BCUT2D eigenvalue weighted by Gasteiger charge is -2.11. The highest BCUT2D eigenvalue weighted by Gasteiger charge is 2.12. The molecule has 2 aromatic heterocycles. The summed E-state index contributed by atoms with van der Waals surface area (Å²) in [6, 6.07) is 2.01. The number of anilines is 1. The molecule has 0 amide bonds. The molecule has 0 radical (unpaired) electrons. The summed E-state index contributed by atoms with van der Waals surface area (Å²) in [6.45, 7) is 4.00. The Hall–Kier alpha value is -1.62. The molecule has 0 saturated carbocycles. The smallest absolute Gasteiger partial charge is 0.136 e. The van der Waals surface area contributed by atoms with Gasteiger partial charge < -0.3 is 15.4 Å². The zero-order valence-electron chi connectivity index (χ0n) is 8.81. The Balaban J connectivity index is 2.76. The topological polar surface area (TPSA) is 77.0 Å². The van der Waals surface area contributed by atoms with E-state index in [1.54, 1.807) is 12.3 Å². The van der Waals surface area contributed by atoms with Crippen LogP contribution in [0.25, 0.3) is 11.0 Å². The van der Waals surface area contributed by atoms with Crippen molar-refractivity contribution >= 4 is 16.9 Å². The number of imidazole rings is 1. The molecule has 0 aliphatic carbocycles. The normalized spacial score (nSPS) is 11.5. The molecular formula is C10H14N4O. The van der Waals surface area contributed by atoms with Gasteiger partial charge in [-0.1, -0.05) is 0 Å².